The monoisotopic (exact) mass is 364 g/mol. The highest BCUT2D eigenvalue weighted by molar-refractivity contribution is 5.98. The lowest BCUT2D eigenvalue weighted by molar-refractivity contribution is -0.141. The summed E-state index contributed by atoms with van der Waals surface area (Å²) in [4.78, 5) is 27.3. The predicted molar refractivity (Wildman–Crippen MR) is 109 cm³/mol. The van der Waals surface area contributed by atoms with Crippen molar-refractivity contribution < 1.29 is 9.59 Å². The molecule has 1 aliphatic heterocycles. The first kappa shape index (κ1) is 19.2. The Morgan fingerprint density at radius 1 is 1.00 bits per heavy atom. The molecule has 1 N–H and O–H groups in total. The number of hydrogen-bond acceptors (Lipinski definition) is 2. The van der Waals surface area contributed by atoms with E-state index in [9.17, 15) is 9.59 Å². The maximum absolute atomic E-state index is 13.1. The largest absolute Gasteiger partial charge is 0.327 e. The molecule has 2 aromatic carbocycles. The molecule has 0 spiro atoms. The fourth-order valence-electron chi connectivity index (χ4n) is 3.47. The molecule has 1 heterocycles. The van der Waals surface area contributed by atoms with Gasteiger partial charge in [-0.1, -0.05) is 63.2 Å². The van der Waals surface area contributed by atoms with E-state index in [1.807, 2.05) is 54.6 Å². The highest BCUT2D eigenvalue weighted by atomic mass is 16.2. The molecule has 0 aromatic heterocycles. The van der Waals surface area contributed by atoms with Crippen LogP contribution < -0.4 is 5.32 Å². The molecule has 0 radical (unpaired) electrons. The van der Waals surface area contributed by atoms with Crippen molar-refractivity contribution in [2.45, 2.75) is 51.5 Å². The van der Waals surface area contributed by atoms with Crippen molar-refractivity contribution in [3.63, 3.8) is 0 Å². The molecule has 1 aliphatic rings. The van der Waals surface area contributed by atoms with Gasteiger partial charge in [-0.15, -0.1) is 0 Å². The zero-order valence-electron chi connectivity index (χ0n) is 16.4. The van der Waals surface area contributed by atoms with Crippen LogP contribution in [-0.2, 0) is 15.0 Å². The maximum atomic E-state index is 13.1. The van der Waals surface area contributed by atoms with Crippen LogP contribution in [0.3, 0.4) is 0 Å². The summed E-state index contributed by atoms with van der Waals surface area (Å²) in [7, 11) is 0. The molecular formula is C23H28N2O2. The van der Waals surface area contributed by atoms with Gasteiger partial charge < -0.3 is 10.2 Å². The van der Waals surface area contributed by atoms with Crippen LogP contribution in [0.2, 0.25) is 0 Å². The van der Waals surface area contributed by atoms with Gasteiger partial charge in [0.15, 0.2) is 0 Å². The average Bonchev–Trinajstić information content (AvgIpc) is 2.64. The van der Waals surface area contributed by atoms with Gasteiger partial charge in [0.05, 0.1) is 0 Å². The molecule has 0 bridgehead atoms. The predicted octanol–water partition coefficient (Wildman–Crippen LogP) is 4.68. The van der Waals surface area contributed by atoms with Gasteiger partial charge in [0.1, 0.15) is 6.04 Å². The van der Waals surface area contributed by atoms with Crippen LogP contribution in [0, 0.1) is 0 Å². The number of nitrogens with one attached hydrogen (secondary N) is 1. The Morgan fingerprint density at radius 3 is 2.26 bits per heavy atom. The Balaban J connectivity index is 1.84. The van der Waals surface area contributed by atoms with Crippen molar-refractivity contribution in [2.24, 2.45) is 0 Å². The lowest BCUT2D eigenvalue weighted by Gasteiger charge is -2.34. The molecule has 4 nitrogen and oxygen atoms in total. The smallest absolute Gasteiger partial charge is 0.251 e. The van der Waals surface area contributed by atoms with Crippen molar-refractivity contribution in [3.8, 4) is 0 Å². The molecule has 3 rings (SSSR count). The molecule has 142 valence electrons. The molecule has 1 saturated heterocycles. The maximum Gasteiger partial charge on any atom is 0.251 e. The number of nitrogens with zero attached hydrogens (tertiary/aromatic N) is 1. The van der Waals surface area contributed by atoms with Gasteiger partial charge in [-0.25, -0.2) is 0 Å². The minimum absolute atomic E-state index is 0.0494. The van der Waals surface area contributed by atoms with E-state index in [1.165, 1.54) is 5.56 Å². The summed E-state index contributed by atoms with van der Waals surface area (Å²) >= 11 is 0. The number of carbonyl (C=O) groups is 2. The first-order chi connectivity index (χ1) is 12.9. The Kier molecular flexibility index (Phi) is 5.64. The normalized spacial score (nSPS) is 16.1. The number of carbonyl (C=O) groups excluding carboxylic acids is 2. The zero-order chi connectivity index (χ0) is 19.4. The van der Waals surface area contributed by atoms with Crippen LogP contribution in [0.5, 0.6) is 0 Å². The van der Waals surface area contributed by atoms with Gasteiger partial charge in [0.25, 0.3) is 5.91 Å². The third-order valence-corrected chi connectivity index (χ3v) is 5.05. The van der Waals surface area contributed by atoms with E-state index in [-0.39, 0.29) is 17.2 Å². The third-order valence-electron chi connectivity index (χ3n) is 5.05. The van der Waals surface area contributed by atoms with E-state index in [1.54, 1.807) is 4.90 Å². The molecule has 4 heteroatoms. The van der Waals surface area contributed by atoms with Gasteiger partial charge in [-0.3, -0.25) is 9.59 Å². The zero-order valence-corrected chi connectivity index (χ0v) is 16.4. The SMILES string of the molecule is CC(C)(C)c1ccc(NC(=O)C(c2ccccc2)N2CCCCC2=O)cc1. The van der Waals surface area contributed by atoms with E-state index in [4.69, 9.17) is 0 Å². The first-order valence-electron chi connectivity index (χ1n) is 9.62. The van der Waals surface area contributed by atoms with E-state index in [2.05, 4.69) is 26.1 Å². The lowest BCUT2D eigenvalue weighted by Crippen LogP contribution is -2.43. The van der Waals surface area contributed by atoms with Crippen LogP contribution in [0.25, 0.3) is 0 Å². The molecule has 2 amide bonds. The number of piperidine rings is 1. The Bertz CT molecular complexity index is 791. The van der Waals surface area contributed by atoms with E-state index in [0.29, 0.717) is 13.0 Å². The number of hydrogen-bond donors (Lipinski definition) is 1. The molecule has 27 heavy (non-hydrogen) atoms. The Hall–Kier alpha value is -2.62. The number of likely N-dealkylation sites (tertiary alicyclic amines) is 1. The number of anilines is 1. The number of amides is 2. The van der Waals surface area contributed by atoms with Crippen LogP contribution in [0.1, 0.15) is 57.2 Å². The molecule has 1 atom stereocenters. The minimum atomic E-state index is -0.596. The second kappa shape index (κ2) is 7.95. The Labute approximate surface area is 161 Å². The summed E-state index contributed by atoms with van der Waals surface area (Å²) < 4.78 is 0. The van der Waals surface area contributed by atoms with Crippen molar-refractivity contribution in [1.82, 2.24) is 4.90 Å². The van der Waals surface area contributed by atoms with Crippen molar-refractivity contribution in [2.75, 3.05) is 11.9 Å². The fourth-order valence-corrected chi connectivity index (χ4v) is 3.47. The topological polar surface area (TPSA) is 49.4 Å². The van der Waals surface area contributed by atoms with E-state index < -0.39 is 6.04 Å². The first-order valence-corrected chi connectivity index (χ1v) is 9.62. The molecule has 0 aliphatic carbocycles. The van der Waals surface area contributed by atoms with Gasteiger partial charge in [0, 0.05) is 18.7 Å². The summed E-state index contributed by atoms with van der Waals surface area (Å²) in [5, 5.41) is 3.00. The Morgan fingerprint density at radius 2 is 1.67 bits per heavy atom. The van der Waals surface area contributed by atoms with Crippen LogP contribution in [0.4, 0.5) is 5.69 Å². The van der Waals surface area contributed by atoms with E-state index >= 15 is 0 Å². The molecule has 0 saturated carbocycles. The highest BCUT2D eigenvalue weighted by Gasteiger charge is 2.32. The average molecular weight is 364 g/mol. The van der Waals surface area contributed by atoms with Crippen molar-refractivity contribution >= 4 is 17.5 Å². The summed E-state index contributed by atoms with van der Waals surface area (Å²) in [6.07, 6.45) is 2.34. The molecular weight excluding hydrogens is 336 g/mol. The minimum Gasteiger partial charge on any atom is -0.327 e. The summed E-state index contributed by atoms with van der Waals surface area (Å²) in [6, 6.07) is 16.9. The highest BCUT2D eigenvalue weighted by Crippen LogP contribution is 2.28. The van der Waals surface area contributed by atoms with Crippen LogP contribution in [0.15, 0.2) is 54.6 Å². The van der Waals surface area contributed by atoms with Gasteiger partial charge in [-0.05, 0) is 41.5 Å². The fraction of sp³-hybridized carbons (Fsp3) is 0.391. The van der Waals surface area contributed by atoms with Crippen molar-refractivity contribution in [3.05, 3.63) is 65.7 Å². The second-order valence-electron chi connectivity index (χ2n) is 8.17. The summed E-state index contributed by atoms with van der Waals surface area (Å²) in [5.74, 6) is -0.117. The van der Waals surface area contributed by atoms with Gasteiger partial charge in [-0.2, -0.15) is 0 Å². The standard InChI is InChI=1S/C23H28N2O2/c1-23(2,3)18-12-14-19(15-13-18)24-22(27)21(17-9-5-4-6-10-17)25-16-8-7-11-20(25)26/h4-6,9-10,12-15,21H,7-8,11,16H2,1-3H3,(H,24,27). The summed E-state index contributed by atoms with van der Waals surface area (Å²) in [5.41, 5.74) is 2.87. The van der Waals surface area contributed by atoms with Crippen LogP contribution >= 0.6 is 0 Å². The summed E-state index contributed by atoms with van der Waals surface area (Å²) in [6.45, 7) is 7.10. The third kappa shape index (κ3) is 4.57. The van der Waals surface area contributed by atoms with Crippen LogP contribution in [-0.4, -0.2) is 23.3 Å². The van der Waals surface area contributed by atoms with Crippen molar-refractivity contribution in [1.29, 1.82) is 0 Å². The number of rotatable bonds is 4. The molecule has 1 unspecified atom stereocenters. The second-order valence-corrected chi connectivity index (χ2v) is 8.17. The molecule has 2 aromatic rings. The van der Waals surface area contributed by atoms with E-state index in [0.717, 1.165) is 24.1 Å². The van der Waals surface area contributed by atoms with Gasteiger partial charge >= 0.3 is 0 Å². The number of benzene rings is 2. The molecule has 1 fully saturated rings. The lowest BCUT2D eigenvalue weighted by atomic mass is 9.87. The van der Waals surface area contributed by atoms with Gasteiger partial charge in [0.2, 0.25) is 5.91 Å². The quantitative estimate of drug-likeness (QED) is 0.856.